The lowest BCUT2D eigenvalue weighted by atomic mass is 10.2. The zero-order chi connectivity index (χ0) is 15.7. The van der Waals surface area contributed by atoms with E-state index in [9.17, 15) is 9.59 Å². The Labute approximate surface area is 124 Å². The average molecular weight is 294 g/mol. The normalized spacial score (nSPS) is 11.5. The van der Waals surface area contributed by atoms with Crippen LogP contribution >= 0.6 is 0 Å². The van der Waals surface area contributed by atoms with Crippen LogP contribution in [0.2, 0.25) is 0 Å². The second kappa shape index (κ2) is 8.84. The van der Waals surface area contributed by atoms with Gasteiger partial charge in [0, 0.05) is 11.7 Å². The standard InChI is InChI=1S/C15H22N2O4/c1-3-11(2)17-14(18)10-21-15(19)8-9-20-13-6-4-12(16)5-7-13/h4-7,11H,3,8-10,16H2,1-2H3,(H,17,18). The Hall–Kier alpha value is -2.24. The van der Waals surface area contributed by atoms with Crippen molar-refractivity contribution in [2.45, 2.75) is 32.7 Å². The van der Waals surface area contributed by atoms with Crippen molar-refractivity contribution in [1.29, 1.82) is 0 Å². The highest BCUT2D eigenvalue weighted by molar-refractivity contribution is 5.80. The van der Waals surface area contributed by atoms with Gasteiger partial charge in [-0.1, -0.05) is 6.92 Å². The molecule has 1 aromatic rings. The SMILES string of the molecule is CCC(C)NC(=O)COC(=O)CCOc1ccc(N)cc1. The molecule has 6 heteroatoms. The molecule has 0 spiro atoms. The van der Waals surface area contributed by atoms with Crippen molar-refractivity contribution in [2.75, 3.05) is 18.9 Å². The second-order valence-corrected chi connectivity index (χ2v) is 4.70. The summed E-state index contributed by atoms with van der Waals surface area (Å²) in [5, 5.41) is 2.71. The predicted molar refractivity (Wildman–Crippen MR) is 79.8 cm³/mol. The van der Waals surface area contributed by atoms with E-state index in [4.69, 9.17) is 15.2 Å². The van der Waals surface area contributed by atoms with Gasteiger partial charge in [-0.15, -0.1) is 0 Å². The maximum Gasteiger partial charge on any atom is 0.309 e. The van der Waals surface area contributed by atoms with Crippen LogP contribution < -0.4 is 15.8 Å². The number of esters is 1. The minimum atomic E-state index is -0.468. The molecule has 116 valence electrons. The molecule has 0 saturated heterocycles. The third kappa shape index (κ3) is 7.20. The van der Waals surface area contributed by atoms with Crippen LogP contribution in [0.25, 0.3) is 0 Å². The Kier molecular flexibility index (Phi) is 7.08. The molecule has 0 fully saturated rings. The summed E-state index contributed by atoms with van der Waals surface area (Å²) in [4.78, 5) is 22.9. The monoisotopic (exact) mass is 294 g/mol. The molecule has 1 amide bonds. The molecule has 3 N–H and O–H groups in total. The van der Waals surface area contributed by atoms with Crippen LogP contribution in [0.4, 0.5) is 5.69 Å². The van der Waals surface area contributed by atoms with Crippen molar-refractivity contribution in [2.24, 2.45) is 0 Å². The van der Waals surface area contributed by atoms with Crippen LogP contribution in [0.5, 0.6) is 5.75 Å². The van der Waals surface area contributed by atoms with E-state index in [1.54, 1.807) is 24.3 Å². The van der Waals surface area contributed by atoms with Gasteiger partial charge in [-0.3, -0.25) is 9.59 Å². The highest BCUT2D eigenvalue weighted by Gasteiger charge is 2.09. The van der Waals surface area contributed by atoms with Crippen LogP contribution in [0.1, 0.15) is 26.7 Å². The Bertz CT molecular complexity index is 459. The van der Waals surface area contributed by atoms with Crippen molar-refractivity contribution < 1.29 is 19.1 Å². The van der Waals surface area contributed by atoms with E-state index in [1.165, 1.54) is 0 Å². The molecule has 1 atom stereocenters. The summed E-state index contributed by atoms with van der Waals surface area (Å²) in [6.07, 6.45) is 0.913. The molecular formula is C15H22N2O4. The molecule has 0 aliphatic carbocycles. The molecule has 0 saturated carbocycles. The zero-order valence-electron chi connectivity index (χ0n) is 12.4. The lowest BCUT2D eigenvalue weighted by molar-refractivity contribution is -0.149. The number of nitrogen functional groups attached to an aromatic ring is 1. The van der Waals surface area contributed by atoms with E-state index in [-0.39, 0.29) is 31.6 Å². The first-order valence-corrected chi connectivity index (χ1v) is 6.94. The van der Waals surface area contributed by atoms with Crippen molar-refractivity contribution in [3.05, 3.63) is 24.3 Å². The van der Waals surface area contributed by atoms with Crippen molar-refractivity contribution in [3.63, 3.8) is 0 Å². The molecule has 0 radical (unpaired) electrons. The van der Waals surface area contributed by atoms with Gasteiger partial charge in [0.05, 0.1) is 13.0 Å². The second-order valence-electron chi connectivity index (χ2n) is 4.70. The number of ether oxygens (including phenoxy) is 2. The van der Waals surface area contributed by atoms with Crippen LogP contribution in [0, 0.1) is 0 Å². The van der Waals surface area contributed by atoms with Gasteiger partial charge in [-0.25, -0.2) is 0 Å². The van der Waals surface area contributed by atoms with Gasteiger partial charge in [-0.05, 0) is 37.6 Å². The zero-order valence-corrected chi connectivity index (χ0v) is 12.4. The predicted octanol–water partition coefficient (Wildman–Crippen LogP) is 1.50. The smallest absolute Gasteiger partial charge is 0.309 e. The van der Waals surface area contributed by atoms with E-state index < -0.39 is 5.97 Å². The molecule has 6 nitrogen and oxygen atoms in total. The highest BCUT2D eigenvalue weighted by atomic mass is 16.5. The summed E-state index contributed by atoms with van der Waals surface area (Å²) in [6.45, 7) is 3.78. The van der Waals surface area contributed by atoms with Gasteiger partial charge in [0.15, 0.2) is 6.61 Å². The van der Waals surface area contributed by atoms with E-state index in [1.807, 2.05) is 13.8 Å². The molecule has 0 bridgehead atoms. The fourth-order valence-electron chi connectivity index (χ4n) is 1.45. The first kappa shape index (κ1) is 16.8. The van der Waals surface area contributed by atoms with E-state index in [2.05, 4.69) is 5.32 Å². The summed E-state index contributed by atoms with van der Waals surface area (Å²) in [5.41, 5.74) is 6.20. The number of anilines is 1. The lowest BCUT2D eigenvalue weighted by Gasteiger charge is -2.11. The number of benzene rings is 1. The number of nitrogens with one attached hydrogen (secondary N) is 1. The van der Waals surface area contributed by atoms with Crippen molar-refractivity contribution in [3.8, 4) is 5.75 Å². The quantitative estimate of drug-likeness (QED) is 0.560. The third-order valence-corrected chi connectivity index (χ3v) is 2.84. The Balaban J connectivity index is 2.16. The number of amides is 1. The first-order valence-electron chi connectivity index (χ1n) is 6.94. The van der Waals surface area contributed by atoms with Crippen LogP contribution in [-0.2, 0) is 14.3 Å². The molecule has 1 rings (SSSR count). The number of nitrogens with two attached hydrogens (primary N) is 1. The summed E-state index contributed by atoms with van der Waals surface area (Å²) in [5.74, 6) is -0.131. The topological polar surface area (TPSA) is 90.6 Å². The van der Waals surface area contributed by atoms with Gasteiger partial charge in [0.25, 0.3) is 5.91 Å². The average Bonchev–Trinajstić information content (AvgIpc) is 2.47. The largest absolute Gasteiger partial charge is 0.493 e. The molecule has 1 aromatic carbocycles. The summed E-state index contributed by atoms with van der Waals surface area (Å²) in [6, 6.07) is 6.95. The van der Waals surface area contributed by atoms with Crippen molar-refractivity contribution >= 4 is 17.6 Å². The molecule has 0 aliphatic heterocycles. The fraction of sp³-hybridized carbons (Fsp3) is 0.467. The van der Waals surface area contributed by atoms with Crippen LogP contribution in [0.15, 0.2) is 24.3 Å². The molecule has 0 aromatic heterocycles. The van der Waals surface area contributed by atoms with Gasteiger partial charge >= 0.3 is 5.97 Å². The molecule has 0 heterocycles. The lowest BCUT2D eigenvalue weighted by Crippen LogP contribution is -2.35. The van der Waals surface area contributed by atoms with Crippen LogP contribution in [-0.4, -0.2) is 31.1 Å². The fourth-order valence-corrected chi connectivity index (χ4v) is 1.45. The maximum absolute atomic E-state index is 11.4. The molecular weight excluding hydrogens is 272 g/mol. The van der Waals surface area contributed by atoms with Crippen LogP contribution in [0.3, 0.4) is 0 Å². The molecule has 21 heavy (non-hydrogen) atoms. The maximum atomic E-state index is 11.4. The third-order valence-electron chi connectivity index (χ3n) is 2.84. The molecule has 0 aliphatic rings. The summed E-state index contributed by atoms with van der Waals surface area (Å²) in [7, 11) is 0. The van der Waals surface area contributed by atoms with Gasteiger partial charge in [0.1, 0.15) is 5.75 Å². The van der Waals surface area contributed by atoms with Gasteiger partial charge < -0.3 is 20.5 Å². The summed E-state index contributed by atoms with van der Waals surface area (Å²) < 4.78 is 10.2. The van der Waals surface area contributed by atoms with E-state index >= 15 is 0 Å². The Morgan fingerprint density at radius 1 is 1.29 bits per heavy atom. The molecule has 1 unspecified atom stereocenters. The number of carbonyl (C=O) groups is 2. The van der Waals surface area contributed by atoms with Gasteiger partial charge in [0.2, 0.25) is 0 Å². The highest BCUT2D eigenvalue weighted by Crippen LogP contribution is 2.13. The number of hydrogen-bond acceptors (Lipinski definition) is 5. The van der Waals surface area contributed by atoms with Crippen molar-refractivity contribution in [1.82, 2.24) is 5.32 Å². The first-order chi connectivity index (χ1) is 10.0. The minimum absolute atomic E-state index is 0.0741. The number of rotatable bonds is 8. The van der Waals surface area contributed by atoms with E-state index in [0.717, 1.165) is 6.42 Å². The number of hydrogen-bond donors (Lipinski definition) is 2. The van der Waals surface area contributed by atoms with Gasteiger partial charge in [-0.2, -0.15) is 0 Å². The Morgan fingerprint density at radius 3 is 2.57 bits per heavy atom. The summed E-state index contributed by atoms with van der Waals surface area (Å²) >= 11 is 0. The Morgan fingerprint density at radius 2 is 1.95 bits per heavy atom. The minimum Gasteiger partial charge on any atom is -0.493 e. The number of carbonyl (C=O) groups excluding carboxylic acids is 2. The van der Waals surface area contributed by atoms with E-state index in [0.29, 0.717) is 11.4 Å².